The summed E-state index contributed by atoms with van der Waals surface area (Å²) in [5.74, 6) is 0.135. The highest BCUT2D eigenvalue weighted by Crippen LogP contribution is 2.24. The molecule has 128 valence electrons. The second-order valence-corrected chi connectivity index (χ2v) is 6.34. The molecule has 0 radical (unpaired) electrons. The van der Waals surface area contributed by atoms with Crippen molar-refractivity contribution in [3.63, 3.8) is 0 Å². The molecule has 2 N–H and O–H groups in total. The Labute approximate surface area is 145 Å². The predicted octanol–water partition coefficient (Wildman–Crippen LogP) is 3.40. The van der Waals surface area contributed by atoms with Crippen LogP contribution in [0.25, 0.3) is 0 Å². The van der Waals surface area contributed by atoms with E-state index in [1.807, 2.05) is 6.92 Å². The van der Waals surface area contributed by atoms with Crippen LogP contribution in [0.2, 0.25) is 0 Å². The maximum atomic E-state index is 12.9. The average Bonchev–Trinajstić information content (AvgIpc) is 2.61. The first-order chi connectivity index (χ1) is 11.6. The van der Waals surface area contributed by atoms with Crippen molar-refractivity contribution in [2.24, 2.45) is 0 Å². The van der Waals surface area contributed by atoms with E-state index in [1.54, 1.807) is 30.5 Å². The first kappa shape index (κ1) is 18.4. The van der Waals surface area contributed by atoms with Crippen molar-refractivity contribution in [2.45, 2.75) is 36.6 Å². The number of aliphatic hydroxyl groups is 1. The third kappa shape index (κ3) is 5.62. The number of amides is 1. The molecule has 0 aliphatic heterocycles. The molecule has 0 aliphatic rings. The number of nitrogens with zero attached hydrogens (tertiary/aromatic N) is 1. The summed E-state index contributed by atoms with van der Waals surface area (Å²) in [7, 11) is 0. The Bertz CT molecular complexity index is 664. The molecule has 1 heterocycles. The molecule has 1 aromatic heterocycles. The Kier molecular flexibility index (Phi) is 7.21. The molecule has 0 bridgehead atoms. The largest absolute Gasteiger partial charge is 0.393 e. The van der Waals surface area contributed by atoms with Crippen LogP contribution in [-0.4, -0.2) is 28.6 Å². The highest BCUT2D eigenvalue weighted by molar-refractivity contribution is 7.98. The van der Waals surface area contributed by atoms with Crippen molar-refractivity contribution in [2.75, 3.05) is 6.54 Å². The lowest BCUT2D eigenvalue weighted by Gasteiger charge is -2.11. The van der Waals surface area contributed by atoms with Crippen molar-refractivity contribution < 1.29 is 14.3 Å². The van der Waals surface area contributed by atoms with Gasteiger partial charge in [-0.25, -0.2) is 9.37 Å². The summed E-state index contributed by atoms with van der Waals surface area (Å²) in [6.45, 7) is 2.32. The monoisotopic (exact) mass is 348 g/mol. The number of halogens is 1. The van der Waals surface area contributed by atoms with Crippen LogP contribution in [0, 0.1) is 5.82 Å². The first-order valence-electron chi connectivity index (χ1n) is 7.88. The van der Waals surface area contributed by atoms with Crippen LogP contribution in [0.4, 0.5) is 4.39 Å². The molecule has 2 rings (SSSR count). The van der Waals surface area contributed by atoms with Gasteiger partial charge in [0.15, 0.2) is 0 Å². The van der Waals surface area contributed by atoms with Crippen LogP contribution in [0.1, 0.15) is 35.7 Å². The van der Waals surface area contributed by atoms with E-state index in [0.717, 1.165) is 5.56 Å². The standard InChI is InChI=1S/C18H21FN2O2S/c1-2-15(22)9-11-20-17(23)16-4-3-10-21-18(16)24-12-13-5-7-14(19)8-6-13/h3-8,10,15,22H,2,9,11-12H2,1H3,(H,20,23). The smallest absolute Gasteiger partial charge is 0.254 e. The molecule has 1 aromatic carbocycles. The molecule has 1 amide bonds. The maximum absolute atomic E-state index is 12.9. The van der Waals surface area contributed by atoms with Gasteiger partial charge in [0.1, 0.15) is 10.8 Å². The number of carbonyl (C=O) groups excluding carboxylic acids is 1. The third-order valence-electron chi connectivity index (χ3n) is 3.54. The average molecular weight is 348 g/mol. The van der Waals surface area contributed by atoms with Crippen LogP contribution in [0.15, 0.2) is 47.6 Å². The minimum absolute atomic E-state index is 0.201. The Morgan fingerprint density at radius 3 is 2.79 bits per heavy atom. The van der Waals surface area contributed by atoms with Gasteiger partial charge in [0.25, 0.3) is 5.91 Å². The summed E-state index contributed by atoms with van der Waals surface area (Å²) in [6, 6.07) is 9.72. The van der Waals surface area contributed by atoms with Crippen LogP contribution in [0.3, 0.4) is 0 Å². The molecule has 6 heteroatoms. The SMILES string of the molecule is CCC(O)CCNC(=O)c1cccnc1SCc1ccc(F)cc1. The normalized spacial score (nSPS) is 12.0. The van der Waals surface area contributed by atoms with Gasteiger partial charge in [-0.2, -0.15) is 0 Å². The first-order valence-corrected chi connectivity index (χ1v) is 8.87. The molecule has 0 saturated heterocycles. The molecule has 2 aromatic rings. The highest BCUT2D eigenvalue weighted by Gasteiger charge is 2.13. The third-order valence-corrected chi connectivity index (χ3v) is 4.62. The van der Waals surface area contributed by atoms with E-state index in [4.69, 9.17) is 0 Å². The van der Waals surface area contributed by atoms with Gasteiger partial charge in [0.2, 0.25) is 0 Å². The van der Waals surface area contributed by atoms with E-state index in [9.17, 15) is 14.3 Å². The Hall–Kier alpha value is -1.92. The Morgan fingerprint density at radius 2 is 2.08 bits per heavy atom. The van der Waals surface area contributed by atoms with E-state index in [2.05, 4.69) is 10.3 Å². The van der Waals surface area contributed by atoms with Gasteiger partial charge < -0.3 is 10.4 Å². The quantitative estimate of drug-likeness (QED) is 0.718. The van der Waals surface area contributed by atoms with Crippen LogP contribution in [-0.2, 0) is 5.75 Å². The maximum Gasteiger partial charge on any atom is 0.254 e. The molecule has 0 aliphatic carbocycles. The lowest BCUT2D eigenvalue weighted by atomic mass is 10.2. The number of hydrogen-bond acceptors (Lipinski definition) is 4. The fourth-order valence-electron chi connectivity index (χ4n) is 2.06. The zero-order chi connectivity index (χ0) is 17.4. The summed E-state index contributed by atoms with van der Waals surface area (Å²) < 4.78 is 12.9. The van der Waals surface area contributed by atoms with Crippen LogP contribution >= 0.6 is 11.8 Å². The summed E-state index contributed by atoms with van der Waals surface area (Å²) in [6.07, 6.45) is 2.44. The summed E-state index contributed by atoms with van der Waals surface area (Å²) in [5, 5.41) is 13.0. The molecular formula is C18H21FN2O2S. The fraction of sp³-hybridized carbons (Fsp3) is 0.333. The van der Waals surface area contributed by atoms with Crippen molar-refractivity contribution >= 4 is 17.7 Å². The van der Waals surface area contributed by atoms with Gasteiger partial charge in [0, 0.05) is 18.5 Å². The minimum atomic E-state index is -0.397. The number of carbonyl (C=O) groups is 1. The number of hydrogen-bond donors (Lipinski definition) is 2. The van der Waals surface area contributed by atoms with Crippen LogP contribution < -0.4 is 5.32 Å². The van der Waals surface area contributed by atoms with Crippen molar-refractivity contribution in [1.29, 1.82) is 0 Å². The minimum Gasteiger partial charge on any atom is -0.393 e. The number of benzene rings is 1. The van der Waals surface area contributed by atoms with Crippen LogP contribution in [0.5, 0.6) is 0 Å². The van der Waals surface area contributed by atoms with E-state index >= 15 is 0 Å². The summed E-state index contributed by atoms with van der Waals surface area (Å²) in [4.78, 5) is 16.6. The van der Waals surface area contributed by atoms with Crippen molar-refractivity contribution in [3.05, 3.63) is 59.5 Å². The van der Waals surface area contributed by atoms with E-state index in [0.29, 0.717) is 35.7 Å². The lowest BCUT2D eigenvalue weighted by Crippen LogP contribution is -2.27. The summed E-state index contributed by atoms with van der Waals surface area (Å²) >= 11 is 1.43. The molecule has 24 heavy (non-hydrogen) atoms. The molecule has 4 nitrogen and oxygen atoms in total. The van der Waals surface area contributed by atoms with E-state index in [1.165, 1.54) is 23.9 Å². The van der Waals surface area contributed by atoms with E-state index < -0.39 is 6.10 Å². The number of pyridine rings is 1. The summed E-state index contributed by atoms with van der Waals surface area (Å²) in [5.41, 5.74) is 1.47. The lowest BCUT2D eigenvalue weighted by molar-refractivity contribution is 0.0938. The number of aliphatic hydroxyl groups excluding tert-OH is 1. The second-order valence-electron chi connectivity index (χ2n) is 5.38. The van der Waals surface area contributed by atoms with Gasteiger partial charge in [0.05, 0.1) is 11.7 Å². The molecule has 0 fully saturated rings. The fourth-order valence-corrected chi connectivity index (χ4v) is 3.01. The predicted molar refractivity (Wildman–Crippen MR) is 93.4 cm³/mol. The Balaban J connectivity index is 1.96. The topological polar surface area (TPSA) is 62.2 Å². The number of thioether (sulfide) groups is 1. The van der Waals surface area contributed by atoms with Gasteiger partial charge in [-0.3, -0.25) is 4.79 Å². The molecule has 1 unspecified atom stereocenters. The molecule has 1 atom stereocenters. The van der Waals surface area contributed by atoms with Gasteiger partial charge in [-0.15, -0.1) is 11.8 Å². The highest BCUT2D eigenvalue weighted by atomic mass is 32.2. The zero-order valence-electron chi connectivity index (χ0n) is 13.5. The molecular weight excluding hydrogens is 327 g/mol. The zero-order valence-corrected chi connectivity index (χ0v) is 14.4. The number of nitrogens with one attached hydrogen (secondary N) is 1. The van der Waals surface area contributed by atoms with Gasteiger partial charge >= 0.3 is 0 Å². The second kappa shape index (κ2) is 9.39. The number of aromatic nitrogens is 1. The van der Waals surface area contributed by atoms with Crippen molar-refractivity contribution in [1.82, 2.24) is 10.3 Å². The Morgan fingerprint density at radius 1 is 1.33 bits per heavy atom. The molecule has 0 spiro atoms. The van der Waals surface area contributed by atoms with Crippen molar-refractivity contribution in [3.8, 4) is 0 Å². The van der Waals surface area contributed by atoms with E-state index in [-0.39, 0.29) is 11.7 Å². The van der Waals surface area contributed by atoms with Gasteiger partial charge in [-0.05, 0) is 42.7 Å². The number of rotatable bonds is 8. The molecule has 0 saturated carbocycles. The van der Waals surface area contributed by atoms with Gasteiger partial charge in [-0.1, -0.05) is 19.1 Å².